The molecular formula is C22H16FN3O. The molecule has 2 aromatic carbocycles. The second kappa shape index (κ2) is 6.96. The van der Waals surface area contributed by atoms with E-state index in [0.29, 0.717) is 33.7 Å². The molecule has 2 heterocycles. The Morgan fingerprint density at radius 1 is 0.963 bits per heavy atom. The van der Waals surface area contributed by atoms with Crippen LogP contribution < -0.4 is 5.32 Å². The van der Waals surface area contributed by atoms with Crippen molar-refractivity contribution in [3.63, 3.8) is 0 Å². The molecule has 0 spiro atoms. The number of carbonyl (C=O) groups is 1. The highest BCUT2D eigenvalue weighted by molar-refractivity contribution is 6.13. The van der Waals surface area contributed by atoms with Crippen LogP contribution in [0.5, 0.6) is 0 Å². The standard InChI is InChI=1S/C22H16FN3O/c1-14-9-10-15(12-18(14)23)25-22(27)17-13-21(20-8-4-5-11-24-20)26-19-7-3-2-6-16(17)19/h2-13H,1H3,(H,25,27). The first-order chi connectivity index (χ1) is 13.1. The normalized spacial score (nSPS) is 10.7. The number of benzene rings is 2. The summed E-state index contributed by atoms with van der Waals surface area (Å²) in [5, 5.41) is 3.49. The molecule has 4 rings (SSSR count). The Bertz CT molecular complexity index is 1140. The van der Waals surface area contributed by atoms with E-state index in [9.17, 15) is 9.18 Å². The van der Waals surface area contributed by atoms with Crippen molar-refractivity contribution in [1.82, 2.24) is 9.97 Å². The molecule has 4 aromatic rings. The zero-order valence-electron chi connectivity index (χ0n) is 14.6. The zero-order chi connectivity index (χ0) is 18.8. The number of fused-ring (bicyclic) bond motifs is 1. The number of pyridine rings is 2. The van der Waals surface area contributed by atoms with E-state index in [2.05, 4.69) is 15.3 Å². The lowest BCUT2D eigenvalue weighted by Gasteiger charge is -2.11. The van der Waals surface area contributed by atoms with Crippen LogP contribution in [-0.4, -0.2) is 15.9 Å². The summed E-state index contributed by atoms with van der Waals surface area (Å²) in [6.07, 6.45) is 1.68. The molecule has 0 aliphatic carbocycles. The Hall–Kier alpha value is -3.60. The summed E-state index contributed by atoms with van der Waals surface area (Å²) < 4.78 is 13.8. The van der Waals surface area contributed by atoms with E-state index < -0.39 is 0 Å². The Labute approximate surface area is 155 Å². The van der Waals surface area contributed by atoms with E-state index >= 15 is 0 Å². The molecular weight excluding hydrogens is 341 g/mol. The SMILES string of the molecule is Cc1ccc(NC(=O)c2cc(-c3ccccn3)nc3ccccc23)cc1F. The molecule has 0 saturated heterocycles. The number of nitrogens with zero attached hydrogens (tertiary/aromatic N) is 2. The zero-order valence-corrected chi connectivity index (χ0v) is 14.6. The smallest absolute Gasteiger partial charge is 0.256 e. The Morgan fingerprint density at radius 2 is 1.78 bits per heavy atom. The molecule has 0 fully saturated rings. The Balaban J connectivity index is 1.79. The van der Waals surface area contributed by atoms with Crippen molar-refractivity contribution in [2.24, 2.45) is 0 Å². The van der Waals surface area contributed by atoms with Gasteiger partial charge >= 0.3 is 0 Å². The number of aromatic nitrogens is 2. The van der Waals surface area contributed by atoms with Crippen molar-refractivity contribution in [1.29, 1.82) is 0 Å². The van der Waals surface area contributed by atoms with Crippen LogP contribution in [0.15, 0.2) is 72.9 Å². The summed E-state index contributed by atoms with van der Waals surface area (Å²) in [5.74, 6) is -0.685. The van der Waals surface area contributed by atoms with Gasteiger partial charge in [-0.15, -0.1) is 0 Å². The first-order valence-electron chi connectivity index (χ1n) is 8.50. The highest BCUT2D eigenvalue weighted by Crippen LogP contribution is 2.25. The minimum absolute atomic E-state index is 0.325. The molecule has 4 nitrogen and oxygen atoms in total. The summed E-state index contributed by atoms with van der Waals surface area (Å²) in [6, 6.07) is 19.3. The summed E-state index contributed by atoms with van der Waals surface area (Å²) in [4.78, 5) is 21.9. The molecule has 132 valence electrons. The number of para-hydroxylation sites is 1. The topological polar surface area (TPSA) is 54.9 Å². The fraction of sp³-hybridized carbons (Fsp3) is 0.0455. The van der Waals surface area contributed by atoms with E-state index in [1.54, 1.807) is 31.3 Å². The number of hydrogen-bond acceptors (Lipinski definition) is 3. The molecule has 1 N–H and O–H groups in total. The van der Waals surface area contributed by atoms with Gasteiger partial charge in [-0.05, 0) is 48.9 Å². The third-order valence-electron chi connectivity index (χ3n) is 4.32. The van der Waals surface area contributed by atoms with Crippen molar-refractivity contribution in [3.8, 4) is 11.4 Å². The molecule has 0 atom stereocenters. The van der Waals surface area contributed by atoms with Crippen LogP contribution in [0, 0.1) is 12.7 Å². The van der Waals surface area contributed by atoms with Crippen LogP contribution in [0.25, 0.3) is 22.3 Å². The lowest BCUT2D eigenvalue weighted by molar-refractivity contribution is 0.102. The molecule has 0 saturated carbocycles. The molecule has 5 heteroatoms. The second-order valence-corrected chi connectivity index (χ2v) is 6.21. The van der Waals surface area contributed by atoms with Crippen molar-refractivity contribution < 1.29 is 9.18 Å². The van der Waals surface area contributed by atoms with Gasteiger partial charge in [-0.3, -0.25) is 9.78 Å². The Morgan fingerprint density at radius 3 is 2.56 bits per heavy atom. The number of hydrogen-bond donors (Lipinski definition) is 1. The average Bonchev–Trinajstić information content (AvgIpc) is 2.70. The summed E-state index contributed by atoms with van der Waals surface area (Å²) in [6.45, 7) is 1.68. The fourth-order valence-corrected chi connectivity index (χ4v) is 2.88. The molecule has 2 aromatic heterocycles. The molecule has 0 radical (unpaired) electrons. The number of amides is 1. The summed E-state index contributed by atoms with van der Waals surface area (Å²) in [5.41, 5.74) is 3.37. The summed E-state index contributed by atoms with van der Waals surface area (Å²) >= 11 is 0. The van der Waals surface area contributed by atoms with Gasteiger partial charge in [-0.1, -0.05) is 30.3 Å². The molecule has 0 aliphatic heterocycles. The predicted molar refractivity (Wildman–Crippen MR) is 104 cm³/mol. The van der Waals surface area contributed by atoms with Crippen LogP contribution in [0.2, 0.25) is 0 Å². The van der Waals surface area contributed by atoms with Crippen LogP contribution >= 0.6 is 0 Å². The number of aryl methyl sites for hydroxylation is 1. The highest BCUT2D eigenvalue weighted by atomic mass is 19.1. The van der Waals surface area contributed by atoms with Gasteiger partial charge in [0.05, 0.1) is 22.5 Å². The lowest BCUT2D eigenvalue weighted by Crippen LogP contribution is -2.13. The van der Waals surface area contributed by atoms with Gasteiger partial charge < -0.3 is 5.32 Å². The van der Waals surface area contributed by atoms with E-state index in [1.165, 1.54) is 6.07 Å². The van der Waals surface area contributed by atoms with Crippen LogP contribution in [-0.2, 0) is 0 Å². The molecule has 1 amide bonds. The van der Waals surface area contributed by atoms with Crippen molar-refractivity contribution in [3.05, 3.63) is 89.9 Å². The van der Waals surface area contributed by atoms with Gasteiger partial charge in [-0.2, -0.15) is 0 Å². The van der Waals surface area contributed by atoms with E-state index in [4.69, 9.17) is 0 Å². The maximum absolute atomic E-state index is 13.8. The maximum atomic E-state index is 13.8. The number of carbonyl (C=O) groups excluding carboxylic acids is 1. The van der Waals surface area contributed by atoms with E-state index in [1.807, 2.05) is 42.5 Å². The van der Waals surface area contributed by atoms with Crippen molar-refractivity contribution >= 4 is 22.5 Å². The van der Waals surface area contributed by atoms with Gasteiger partial charge in [0.15, 0.2) is 0 Å². The van der Waals surface area contributed by atoms with Crippen LogP contribution in [0.3, 0.4) is 0 Å². The Kier molecular flexibility index (Phi) is 4.34. The molecule has 0 bridgehead atoms. The van der Waals surface area contributed by atoms with Gasteiger partial charge in [-0.25, -0.2) is 9.37 Å². The largest absolute Gasteiger partial charge is 0.322 e. The van der Waals surface area contributed by atoms with Crippen molar-refractivity contribution in [2.45, 2.75) is 6.92 Å². The predicted octanol–water partition coefficient (Wildman–Crippen LogP) is 5.00. The summed E-state index contributed by atoms with van der Waals surface area (Å²) in [7, 11) is 0. The lowest BCUT2D eigenvalue weighted by atomic mass is 10.1. The van der Waals surface area contributed by atoms with Gasteiger partial charge in [0.25, 0.3) is 5.91 Å². The van der Waals surface area contributed by atoms with Crippen LogP contribution in [0.4, 0.5) is 10.1 Å². The van der Waals surface area contributed by atoms with E-state index in [-0.39, 0.29) is 11.7 Å². The maximum Gasteiger partial charge on any atom is 0.256 e. The minimum Gasteiger partial charge on any atom is -0.322 e. The van der Waals surface area contributed by atoms with Gasteiger partial charge in [0, 0.05) is 17.3 Å². The fourth-order valence-electron chi connectivity index (χ4n) is 2.88. The minimum atomic E-state index is -0.360. The molecule has 0 unspecified atom stereocenters. The average molecular weight is 357 g/mol. The number of nitrogens with one attached hydrogen (secondary N) is 1. The second-order valence-electron chi connectivity index (χ2n) is 6.21. The molecule has 0 aliphatic rings. The third kappa shape index (κ3) is 3.40. The highest BCUT2D eigenvalue weighted by Gasteiger charge is 2.15. The first kappa shape index (κ1) is 16.8. The number of halogens is 1. The number of rotatable bonds is 3. The van der Waals surface area contributed by atoms with Crippen LogP contribution in [0.1, 0.15) is 15.9 Å². The van der Waals surface area contributed by atoms with Gasteiger partial charge in [0.1, 0.15) is 5.82 Å². The first-order valence-corrected chi connectivity index (χ1v) is 8.50. The quantitative estimate of drug-likeness (QED) is 0.561. The van der Waals surface area contributed by atoms with E-state index in [0.717, 1.165) is 5.39 Å². The number of anilines is 1. The third-order valence-corrected chi connectivity index (χ3v) is 4.32. The molecule has 27 heavy (non-hydrogen) atoms. The van der Waals surface area contributed by atoms with Crippen molar-refractivity contribution in [2.75, 3.05) is 5.32 Å². The monoisotopic (exact) mass is 357 g/mol. The van der Waals surface area contributed by atoms with Gasteiger partial charge in [0.2, 0.25) is 0 Å².